The van der Waals surface area contributed by atoms with Crippen molar-refractivity contribution in [3.8, 4) is 5.75 Å². The number of hydrogen-bond acceptors (Lipinski definition) is 4. The Morgan fingerprint density at radius 2 is 1.90 bits per heavy atom. The molecule has 0 unspecified atom stereocenters. The first-order valence-electron chi connectivity index (χ1n) is 9.43. The number of halogens is 2. The molecule has 1 aromatic carbocycles. The predicted octanol–water partition coefficient (Wildman–Crippen LogP) is 3.23. The van der Waals surface area contributed by atoms with Crippen LogP contribution in [0.15, 0.2) is 36.5 Å². The van der Waals surface area contributed by atoms with Crippen molar-refractivity contribution in [1.29, 1.82) is 0 Å². The van der Waals surface area contributed by atoms with E-state index in [1.165, 1.54) is 18.2 Å². The second-order valence-corrected chi connectivity index (χ2v) is 6.97. The number of carbonyl (C=O) groups excluding carboxylic acids is 1. The molecule has 2 heterocycles. The lowest BCUT2D eigenvalue weighted by molar-refractivity contribution is 0.0947. The Labute approximate surface area is 167 Å². The van der Waals surface area contributed by atoms with E-state index in [0.717, 1.165) is 0 Å². The van der Waals surface area contributed by atoms with Crippen LogP contribution in [-0.4, -0.2) is 34.4 Å². The zero-order valence-electron chi connectivity index (χ0n) is 16.6. The van der Waals surface area contributed by atoms with E-state index in [0.29, 0.717) is 41.9 Å². The third-order valence-electron chi connectivity index (χ3n) is 4.40. The highest BCUT2D eigenvalue weighted by molar-refractivity contribution is 5.95. The molecule has 0 spiro atoms. The summed E-state index contributed by atoms with van der Waals surface area (Å²) in [6.07, 6.45) is 1.70. The van der Waals surface area contributed by atoms with E-state index in [2.05, 4.69) is 15.6 Å². The molecule has 154 valence electrons. The van der Waals surface area contributed by atoms with E-state index in [9.17, 15) is 13.6 Å². The number of rotatable bonds is 8. The summed E-state index contributed by atoms with van der Waals surface area (Å²) in [5.74, 6) is -1.27. The maximum atomic E-state index is 13.8. The Morgan fingerprint density at radius 3 is 2.59 bits per heavy atom. The summed E-state index contributed by atoms with van der Waals surface area (Å²) in [6, 6.07) is 7.34. The lowest BCUT2D eigenvalue weighted by Gasteiger charge is -2.10. The molecule has 2 N–H and O–H groups in total. The van der Waals surface area contributed by atoms with Gasteiger partial charge in [-0.2, -0.15) is 0 Å². The van der Waals surface area contributed by atoms with E-state index >= 15 is 0 Å². The van der Waals surface area contributed by atoms with Gasteiger partial charge in [-0.3, -0.25) is 9.20 Å². The van der Waals surface area contributed by atoms with E-state index < -0.39 is 11.6 Å². The molecular formula is C21H24F2N4O2. The van der Waals surface area contributed by atoms with E-state index in [4.69, 9.17) is 4.74 Å². The molecule has 0 aliphatic heterocycles. The van der Waals surface area contributed by atoms with Crippen LogP contribution in [0, 0.1) is 18.6 Å². The van der Waals surface area contributed by atoms with Gasteiger partial charge < -0.3 is 15.4 Å². The maximum absolute atomic E-state index is 13.8. The SMILES string of the molecule is Cc1nc2c(OCc3c(F)cccc3F)cccn2c1C(=O)NCCNC(C)C. The van der Waals surface area contributed by atoms with E-state index in [-0.39, 0.29) is 18.1 Å². The third-order valence-corrected chi connectivity index (χ3v) is 4.40. The largest absolute Gasteiger partial charge is 0.485 e. The normalized spacial score (nSPS) is 11.2. The summed E-state index contributed by atoms with van der Waals surface area (Å²) in [5.41, 5.74) is 1.18. The maximum Gasteiger partial charge on any atom is 0.270 e. The fourth-order valence-electron chi connectivity index (χ4n) is 2.98. The first-order valence-corrected chi connectivity index (χ1v) is 9.43. The second-order valence-electron chi connectivity index (χ2n) is 6.97. The summed E-state index contributed by atoms with van der Waals surface area (Å²) in [7, 11) is 0. The molecule has 1 amide bonds. The van der Waals surface area contributed by atoms with Crippen LogP contribution >= 0.6 is 0 Å². The molecule has 0 fully saturated rings. The van der Waals surface area contributed by atoms with Crippen molar-refractivity contribution in [3.05, 3.63) is 65.1 Å². The van der Waals surface area contributed by atoms with Crippen molar-refractivity contribution in [3.63, 3.8) is 0 Å². The van der Waals surface area contributed by atoms with E-state index in [1.54, 1.807) is 29.7 Å². The number of pyridine rings is 1. The van der Waals surface area contributed by atoms with Crippen molar-refractivity contribution in [2.45, 2.75) is 33.4 Å². The number of aromatic nitrogens is 2. The summed E-state index contributed by atoms with van der Waals surface area (Å²) in [4.78, 5) is 17.0. The van der Waals surface area contributed by atoms with E-state index in [1.807, 2.05) is 13.8 Å². The lowest BCUT2D eigenvalue weighted by Crippen LogP contribution is -2.35. The Kier molecular flexibility index (Phi) is 6.43. The zero-order valence-corrected chi connectivity index (χ0v) is 16.6. The van der Waals surface area contributed by atoms with Gasteiger partial charge >= 0.3 is 0 Å². The number of imidazole rings is 1. The number of fused-ring (bicyclic) bond motifs is 1. The number of benzene rings is 1. The monoisotopic (exact) mass is 402 g/mol. The van der Waals surface area contributed by atoms with Crippen molar-refractivity contribution in [2.75, 3.05) is 13.1 Å². The molecule has 3 aromatic rings. The predicted molar refractivity (Wildman–Crippen MR) is 106 cm³/mol. The van der Waals surface area contributed by atoms with Crippen LogP contribution in [0.3, 0.4) is 0 Å². The Bertz CT molecular complexity index is 997. The first kappa shape index (κ1) is 20.7. The van der Waals surface area contributed by atoms with Gasteiger partial charge in [0.1, 0.15) is 23.9 Å². The van der Waals surface area contributed by atoms with Gasteiger partial charge in [0.05, 0.1) is 11.3 Å². The minimum Gasteiger partial charge on any atom is -0.485 e. The highest BCUT2D eigenvalue weighted by Crippen LogP contribution is 2.24. The van der Waals surface area contributed by atoms with Crippen molar-refractivity contribution in [1.82, 2.24) is 20.0 Å². The topological polar surface area (TPSA) is 67.7 Å². The van der Waals surface area contributed by atoms with Crippen LogP contribution in [0.5, 0.6) is 5.75 Å². The van der Waals surface area contributed by atoms with Gasteiger partial charge in [0, 0.05) is 25.3 Å². The molecule has 0 radical (unpaired) electrons. The molecule has 0 saturated heterocycles. The fraction of sp³-hybridized carbons (Fsp3) is 0.333. The smallest absolute Gasteiger partial charge is 0.270 e. The Balaban J connectivity index is 1.79. The van der Waals surface area contributed by atoms with Crippen LogP contribution in [0.25, 0.3) is 5.65 Å². The van der Waals surface area contributed by atoms with Crippen LogP contribution in [0.1, 0.15) is 35.6 Å². The standard InChI is InChI=1S/C21H24F2N4O2/c1-13(2)24-9-10-25-21(28)19-14(3)26-20-18(8-5-11-27(19)20)29-12-15-16(22)6-4-7-17(15)23/h4-8,11,13,24H,9-10,12H2,1-3H3,(H,25,28). The molecular weight excluding hydrogens is 378 g/mol. The van der Waals surface area contributed by atoms with Gasteiger partial charge in [0.25, 0.3) is 5.91 Å². The van der Waals surface area contributed by atoms with Gasteiger partial charge in [-0.05, 0) is 31.2 Å². The molecule has 3 rings (SSSR count). The quantitative estimate of drug-likeness (QED) is 0.568. The zero-order chi connectivity index (χ0) is 21.0. The minimum absolute atomic E-state index is 0.159. The lowest BCUT2D eigenvalue weighted by atomic mass is 10.2. The van der Waals surface area contributed by atoms with Gasteiger partial charge in [-0.1, -0.05) is 19.9 Å². The summed E-state index contributed by atoms with van der Waals surface area (Å²) in [5, 5.41) is 6.09. The van der Waals surface area contributed by atoms with Gasteiger partial charge in [0.2, 0.25) is 0 Å². The van der Waals surface area contributed by atoms with Crippen LogP contribution < -0.4 is 15.4 Å². The average molecular weight is 402 g/mol. The minimum atomic E-state index is -0.674. The number of hydrogen-bond donors (Lipinski definition) is 2. The summed E-state index contributed by atoms with van der Waals surface area (Å²) < 4.78 is 34.9. The van der Waals surface area contributed by atoms with Crippen LogP contribution in [-0.2, 0) is 6.61 Å². The van der Waals surface area contributed by atoms with Crippen LogP contribution in [0.2, 0.25) is 0 Å². The molecule has 8 heteroatoms. The highest BCUT2D eigenvalue weighted by Gasteiger charge is 2.19. The van der Waals surface area contributed by atoms with Crippen molar-refractivity contribution in [2.24, 2.45) is 0 Å². The number of aryl methyl sites for hydroxylation is 1. The van der Waals surface area contributed by atoms with Gasteiger partial charge in [0.15, 0.2) is 11.4 Å². The van der Waals surface area contributed by atoms with Crippen molar-refractivity contribution >= 4 is 11.6 Å². The molecule has 0 aliphatic rings. The third kappa shape index (κ3) is 4.71. The number of carbonyl (C=O) groups is 1. The molecule has 6 nitrogen and oxygen atoms in total. The van der Waals surface area contributed by atoms with Crippen LogP contribution in [0.4, 0.5) is 8.78 Å². The number of nitrogens with one attached hydrogen (secondary N) is 2. The fourth-order valence-corrected chi connectivity index (χ4v) is 2.98. The second kappa shape index (κ2) is 9.00. The number of amides is 1. The Hall–Kier alpha value is -3.00. The van der Waals surface area contributed by atoms with Gasteiger partial charge in [-0.25, -0.2) is 13.8 Å². The molecule has 29 heavy (non-hydrogen) atoms. The Morgan fingerprint density at radius 1 is 1.17 bits per heavy atom. The summed E-state index contributed by atoms with van der Waals surface area (Å²) >= 11 is 0. The average Bonchev–Trinajstić information content (AvgIpc) is 3.01. The molecule has 0 saturated carbocycles. The molecule has 0 atom stereocenters. The van der Waals surface area contributed by atoms with Gasteiger partial charge in [-0.15, -0.1) is 0 Å². The number of ether oxygens (including phenoxy) is 1. The number of nitrogens with zero attached hydrogens (tertiary/aromatic N) is 2. The highest BCUT2D eigenvalue weighted by atomic mass is 19.1. The van der Waals surface area contributed by atoms with Crippen molar-refractivity contribution < 1.29 is 18.3 Å². The summed E-state index contributed by atoms with van der Waals surface area (Å²) in [6.45, 7) is 6.64. The first-order chi connectivity index (χ1) is 13.9. The molecule has 0 bridgehead atoms. The molecule has 2 aromatic heterocycles. The molecule has 0 aliphatic carbocycles.